The minimum absolute atomic E-state index is 0.0752. The summed E-state index contributed by atoms with van der Waals surface area (Å²) < 4.78 is 41.5. The van der Waals surface area contributed by atoms with Crippen LogP contribution < -0.4 is 16.0 Å². The molecule has 3 saturated carbocycles. The van der Waals surface area contributed by atoms with Crippen LogP contribution in [0.5, 0.6) is 0 Å². The maximum atomic E-state index is 13.6. The molecule has 17 heteroatoms. The molecule has 1 unspecified atom stereocenters. The van der Waals surface area contributed by atoms with Crippen LogP contribution in [-0.2, 0) is 21.4 Å². The molecular weight excluding hydrogens is 830 g/mol. The Morgan fingerprint density at radius 1 is 0.938 bits per heavy atom. The van der Waals surface area contributed by atoms with Crippen LogP contribution in [0.1, 0.15) is 145 Å². The molecule has 2 aliphatic heterocycles. The first kappa shape index (κ1) is 43.6. The van der Waals surface area contributed by atoms with Crippen molar-refractivity contribution in [3.8, 4) is 0 Å². The van der Waals surface area contributed by atoms with Crippen LogP contribution in [0.25, 0.3) is 5.52 Å². The number of carbonyl (C=O) groups is 5. The molecule has 4 aromatic rings. The van der Waals surface area contributed by atoms with E-state index >= 15 is 0 Å². The normalized spacial score (nSPS) is 26.3. The third kappa shape index (κ3) is 8.39. The molecule has 5 heterocycles. The van der Waals surface area contributed by atoms with Crippen LogP contribution >= 0.6 is 0 Å². The fourth-order valence-electron chi connectivity index (χ4n) is 11.0. The molecule has 4 N–H and O–H groups in total. The number of rotatable bonds is 10. The predicted octanol–water partition coefficient (Wildman–Crippen LogP) is 7.04. The highest BCUT2D eigenvalue weighted by molar-refractivity contribution is 6.25. The van der Waals surface area contributed by atoms with Crippen LogP contribution in [0, 0.1) is 11.3 Å². The number of nitrogens with zero attached hydrogens (tertiary/aromatic N) is 5. The van der Waals surface area contributed by atoms with E-state index < -0.39 is 58.7 Å². The fraction of sp³-hybridized carbons (Fsp3) is 0.511. The number of alkyl halides is 3. The lowest BCUT2D eigenvalue weighted by Gasteiger charge is -2.53. The minimum Gasteiger partial charge on any atom is -0.386 e. The third-order valence-electron chi connectivity index (χ3n) is 14.4. The summed E-state index contributed by atoms with van der Waals surface area (Å²) in [7, 11) is 2.24. The van der Waals surface area contributed by atoms with Crippen LogP contribution in [0.4, 0.5) is 24.5 Å². The summed E-state index contributed by atoms with van der Waals surface area (Å²) in [4.78, 5) is 71.3. The van der Waals surface area contributed by atoms with Gasteiger partial charge in [-0.1, -0.05) is 12.1 Å². The topological polar surface area (TPSA) is 178 Å². The van der Waals surface area contributed by atoms with Gasteiger partial charge in [0.15, 0.2) is 0 Å². The second kappa shape index (κ2) is 16.4. The number of fused-ring (bicyclic) bond motifs is 2. The number of carbonyl (C=O) groups excluding carboxylic acids is 5. The Hall–Kier alpha value is -5.68. The number of hydrogen-bond acceptors (Lipinski definition) is 10. The molecule has 0 bridgehead atoms. The van der Waals surface area contributed by atoms with Crippen LogP contribution in [0.2, 0.25) is 0 Å². The highest BCUT2D eigenvalue weighted by Crippen LogP contribution is 2.53. The van der Waals surface area contributed by atoms with E-state index in [1.807, 2.05) is 12.1 Å². The lowest BCUT2D eigenvalue weighted by atomic mass is 9.57. The molecule has 3 aromatic heterocycles. The van der Waals surface area contributed by atoms with Gasteiger partial charge >= 0.3 is 6.18 Å². The van der Waals surface area contributed by atoms with Crippen molar-refractivity contribution >= 4 is 46.4 Å². The number of benzene rings is 1. The Morgan fingerprint density at radius 3 is 2.34 bits per heavy atom. The molecule has 5 aliphatic rings. The SMILES string of the molecule is CN(C[C@H]1CC[C@H](c2cc3cc(NC(=O)c4cccc(C(F)(F)F)n4)c(C(C)(C)O)cn3n2)CC1)C1CCC2(CC1)CC(Nc1cccc3c1C(=O)N(C1CCC(=O)NC1=O)C3=O)C2. The molecule has 338 valence electrons. The summed E-state index contributed by atoms with van der Waals surface area (Å²) >= 11 is 0. The summed E-state index contributed by atoms with van der Waals surface area (Å²) in [6.45, 7) is 4.16. The van der Waals surface area contributed by atoms with Crippen molar-refractivity contribution in [1.82, 2.24) is 29.7 Å². The molecule has 1 aromatic carbocycles. The second-order valence-corrected chi connectivity index (χ2v) is 19.3. The number of aromatic nitrogens is 3. The first-order chi connectivity index (χ1) is 30.4. The Kier molecular flexibility index (Phi) is 11.2. The van der Waals surface area contributed by atoms with E-state index in [4.69, 9.17) is 5.10 Å². The summed E-state index contributed by atoms with van der Waals surface area (Å²) in [5.41, 5.74) is 0.734. The average molecular weight is 883 g/mol. The van der Waals surface area contributed by atoms with E-state index in [1.165, 1.54) is 6.07 Å². The van der Waals surface area contributed by atoms with Crippen LogP contribution in [-0.4, -0.2) is 90.8 Å². The molecule has 0 radical (unpaired) electrons. The van der Waals surface area contributed by atoms with Gasteiger partial charge in [0.1, 0.15) is 17.4 Å². The smallest absolute Gasteiger partial charge is 0.386 e. The van der Waals surface area contributed by atoms with E-state index in [9.17, 15) is 42.3 Å². The number of imide groups is 2. The summed E-state index contributed by atoms with van der Waals surface area (Å²) in [6, 6.07) is 11.7. The van der Waals surface area contributed by atoms with Gasteiger partial charge in [-0.3, -0.25) is 34.2 Å². The van der Waals surface area contributed by atoms with Gasteiger partial charge in [0, 0.05) is 48.4 Å². The highest BCUT2D eigenvalue weighted by atomic mass is 19.4. The standard InChI is InChI=1S/C47H53F3N8O6/c1-45(2,64)32-25-57-30(21-36(32)53-41(60)34-8-5-9-38(52-34)47(48,49)50)20-35(55-57)27-12-10-26(11-13-27)24-56(3)29-16-18-46(19-17-29)22-28(23-46)51-33-7-4-6-31-40(33)44(63)58(43(31)62)37-14-15-39(59)54-42(37)61/h4-9,20-21,25-29,37,51,64H,10-19,22-24H2,1-3H3,(H,53,60)(H,54,59,61)/t26-,27-,28?,29?,37?,46?. The number of aliphatic hydroxyl groups is 1. The van der Waals surface area contributed by atoms with E-state index in [0.29, 0.717) is 34.3 Å². The molecule has 1 saturated heterocycles. The van der Waals surface area contributed by atoms with Gasteiger partial charge in [-0.15, -0.1) is 0 Å². The van der Waals surface area contributed by atoms with Crippen molar-refractivity contribution in [3.63, 3.8) is 0 Å². The average Bonchev–Trinajstić information content (AvgIpc) is 3.77. The Morgan fingerprint density at radius 2 is 1.66 bits per heavy atom. The van der Waals surface area contributed by atoms with Crippen molar-refractivity contribution < 1.29 is 42.3 Å². The van der Waals surface area contributed by atoms with Crippen molar-refractivity contribution in [1.29, 1.82) is 0 Å². The van der Waals surface area contributed by atoms with Crippen molar-refractivity contribution in [2.45, 2.75) is 127 Å². The van der Waals surface area contributed by atoms with Crippen molar-refractivity contribution in [2.24, 2.45) is 11.3 Å². The molecule has 9 rings (SSSR count). The lowest BCUT2D eigenvalue weighted by molar-refractivity contribution is -0.141. The Labute approximate surface area is 368 Å². The molecule has 1 spiro atoms. The number of pyridine rings is 2. The predicted molar refractivity (Wildman–Crippen MR) is 229 cm³/mol. The summed E-state index contributed by atoms with van der Waals surface area (Å²) in [6.07, 6.45) is 7.74. The number of nitrogens with one attached hydrogen (secondary N) is 3. The van der Waals surface area contributed by atoms with Crippen LogP contribution in [0.3, 0.4) is 0 Å². The number of hydrogen-bond donors (Lipinski definition) is 4. The quantitative estimate of drug-likeness (QED) is 0.121. The molecular formula is C47H53F3N8O6. The molecule has 1 atom stereocenters. The second-order valence-electron chi connectivity index (χ2n) is 19.3. The first-order valence-electron chi connectivity index (χ1n) is 22.3. The largest absolute Gasteiger partial charge is 0.433 e. The van der Waals surface area contributed by atoms with Crippen molar-refractivity contribution in [2.75, 3.05) is 24.2 Å². The number of halogens is 3. The van der Waals surface area contributed by atoms with Gasteiger partial charge in [-0.2, -0.15) is 18.3 Å². The van der Waals surface area contributed by atoms with Crippen molar-refractivity contribution in [3.05, 3.63) is 88.5 Å². The van der Waals surface area contributed by atoms with E-state index in [0.717, 1.165) is 93.5 Å². The molecule has 64 heavy (non-hydrogen) atoms. The van der Waals surface area contributed by atoms with E-state index in [2.05, 4.69) is 32.9 Å². The van der Waals surface area contributed by atoms with Gasteiger partial charge in [0.05, 0.1) is 33.6 Å². The van der Waals surface area contributed by atoms with Gasteiger partial charge in [-0.25, -0.2) is 9.50 Å². The fourth-order valence-corrected chi connectivity index (χ4v) is 11.0. The van der Waals surface area contributed by atoms with Gasteiger partial charge in [-0.05, 0) is 139 Å². The minimum atomic E-state index is -4.70. The zero-order chi connectivity index (χ0) is 45.3. The maximum Gasteiger partial charge on any atom is 0.433 e. The Balaban J connectivity index is 0.759. The Bertz CT molecular complexity index is 2530. The number of amides is 5. The van der Waals surface area contributed by atoms with E-state index in [-0.39, 0.29) is 41.5 Å². The first-order valence-corrected chi connectivity index (χ1v) is 22.3. The van der Waals surface area contributed by atoms with E-state index in [1.54, 1.807) is 42.8 Å². The van der Waals surface area contributed by atoms with Gasteiger partial charge < -0.3 is 20.6 Å². The monoisotopic (exact) mass is 882 g/mol. The number of anilines is 2. The molecule has 4 fully saturated rings. The highest BCUT2D eigenvalue weighted by Gasteiger charge is 2.49. The zero-order valence-electron chi connectivity index (χ0n) is 36.1. The van der Waals surface area contributed by atoms with Gasteiger partial charge in [0.2, 0.25) is 11.8 Å². The molecule has 14 nitrogen and oxygen atoms in total. The van der Waals surface area contributed by atoms with Gasteiger partial charge in [0.25, 0.3) is 17.7 Å². The lowest BCUT2D eigenvalue weighted by Crippen LogP contribution is -2.54. The third-order valence-corrected chi connectivity index (χ3v) is 14.4. The summed E-state index contributed by atoms with van der Waals surface area (Å²) in [5, 5.41) is 24.4. The molecule has 5 amide bonds. The maximum absolute atomic E-state index is 13.6. The number of piperidine rings is 1. The molecule has 3 aliphatic carbocycles. The zero-order valence-corrected chi connectivity index (χ0v) is 36.1. The van der Waals surface area contributed by atoms with Crippen LogP contribution in [0.15, 0.2) is 54.7 Å². The summed E-state index contributed by atoms with van der Waals surface area (Å²) in [5.74, 6) is -2.04.